The van der Waals surface area contributed by atoms with Crippen LogP contribution in [0.3, 0.4) is 0 Å². The predicted molar refractivity (Wildman–Crippen MR) is 111 cm³/mol. The van der Waals surface area contributed by atoms with Crippen LogP contribution in [0.5, 0.6) is 0 Å². The van der Waals surface area contributed by atoms with Gasteiger partial charge >= 0.3 is 0 Å². The van der Waals surface area contributed by atoms with Gasteiger partial charge in [0.1, 0.15) is 0 Å². The van der Waals surface area contributed by atoms with Crippen LogP contribution in [0.25, 0.3) is 0 Å². The second-order valence-corrected chi connectivity index (χ2v) is 7.69. The van der Waals surface area contributed by atoms with Crippen molar-refractivity contribution in [3.05, 3.63) is 70.7 Å². The summed E-state index contributed by atoms with van der Waals surface area (Å²) >= 11 is 6.05. The number of halogens is 1. The molecular formula is C21H22ClN5O. The van der Waals surface area contributed by atoms with Crippen molar-refractivity contribution in [3.8, 4) is 0 Å². The highest BCUT2D eigenvalue weighted by atomic mass is 35.5. The molecule has 7 heteroatoms. The molecule has 0 saturated carbocycles. The van der Waals surface area contributed by atoms with E-state index in [1.54, 1.807) is 0 Å². The lowest BCUT2D eigenvalue weighted by Gasteiger charge is -2.31. The maximum atomic E-state index is 12.1. The lowest BCUT2D eigenvalue weighted by molar-refractivity contribution is -0.118. The zero-order valence-corrected chi connectivity index (χ0v) is 16.5. The number of hydrogen-bond acceptors (Lipinski definition) is 4. The first-order valence-corrected chi connectivity index (χ1v) is 9.73. The fourth-order valence-electron chi connectivity index (χ4n) is 3.35. The molecule has 2 atom stereocenters. The first-order chi connectivity index (χ1) is 13.5. The number of aromatic nitrogens is 3. The molecule has 0 spiro atoms. The summed E-state index contributed by atoms with van der Waals surface area (Å²) in [6, 6.07) is 18.1. The van der Waals surface area contributed by atoms with E-state index in [0.717, 1.165) is 17.5 Å². The maximum absolute atomic E-state index is 12.1. The second-order valence-electron chi connectivity index (χ2n) is 7.26. The van der Waals surface area contributed by atoms with Gasteiger partial charge in [-0.2, -0.15) is 4.98 Å². The van der Waals surface area contributed by atoms with Crippen molar-refractivity contribution >= 4 is 29.4 Å². The number of fused-ring (bicyclic) bond motifs is 1. The number of amides is 1. The molecule has 1 amide bonds. The Kier molecular flexibility index (Phi) is 5.05. The van der Waals surface area contributed by atoms with Gasteiger partial charge in [-0.25, -0.2) is 4.68 Å². The molecule has 3 aromatic rings. The molecule has 0 bridgehead atoms. The molecule has 1 aliphatic heterocycles. The molecule has 0 saturated heterocycles. The first-order valence-electron chi connectivity index (χ1n) is 9.35. The Labute approximate surface area is 168 Å². The lowest BCUT2D eigenvalue weighted by Crippen LogP contribution is -2.28. The Morgan fingerprint density at radius 1 is 1.14 bits per heavy atom. The van der Waals surface area contributed by atoms with Crippen LogP contribution in [0.1, 0.15) is 43.5 Å². The highest BCUT2D eigenvalue weighted by Gasteiger charge is 2.31. The number of carbonyl (C=O) groups excluding carboxylic acids is 1. The van der Waals surface area contributed by atoms with Gasteiger partial charge in [0.15, 0.2) is 0 Å². The van der Waals surface area contributed by atoms with Crippen molar-refractivity contribution in [2.24, 2.45) is 5.92 Å². The van der Waals surface area contributed by atoms with Gasteiger partial charge in [-0.15, -0.1) is 5.10 Å². The molecule has 144 valence electrons. The lowest BCUT2D eigenvalue weighted by atomic mass is 9.93. The van der Waals surface area contributed by atoms with Crippen LogP contribution >= 0.6 is 11.6 Å². The van der Waals surface area contributed by atoms with E-state index in [-0.39, 0.29) is 23.9 Å². The van der Waals surface area contributed by atoms with E-state index in [2.05, 4.69) is 32.8 Å². The van der Waals surface area contributed by atoms with Gasteiger partial charge in [-0.3, -0.25) is 10.1 Å². The van der Waals surface area contributed by atoms with Gasteiger partial charge in [0.25, 0.3) is 5.95 Å². The number of carbonyl (C=O) groups is 1. The summed E-state index contributed by atoms with van der Waals surface area (Å²) in [5.41, 5.74) is 2.28. The molecule has 0 fully saturated rings. The third-order valence-corrected chi connectivity index (χ3v) is 5.16. The van der Waals surface area contributed by atoms with Gasteiger partial charge in [-0.1, -0.05) is 67.9 Å². The fourth-order valence-corrected chi connectivity index (χ4v) is 3.48. The van der Waals surface area contributed by atoms with E-state index in [1.165, 1.54) is 0 Å². The zero-order valence-electron chi connectivity index (χ0n) is 15.8. The van der Waals surface area contributed by atoms with Crippen molar-refractivity contribution in [2.75, 3.05) is 10.6 Å². The summed E-state index contributed by atoms with van der Waals surface area (Å²) in [4.78, 5) is 16.6. The topological polar surface area (TPSA) is 71.8 Å². The van der Waals surface area contributed by atoms with Crippen LogP contribution in [-0.4, -0.2) is 20.7 Å². The zero-order chi connectivity index (χ0) is 19.7. The number of hydrogen-bond donors (Lipinski definition) is 2. The third-order valence-electron chi connectivity index (χ3n) is 4.90. The average molecular weight is 396 g/mol. The SMILES string of the molecule is CC(C)C(=O)Nc1nc2n(n1)[C@H](c1ccccc1)C[C@@H](c1ccc(Cl)cc1)N2. The van der Waals surface area contributed by atoms with E-state index < -0.39 is 0 Å². The number of nitrogens with zero attached hydrogens (tertiary/aromatic N) is 3. The van der Waals surface area contributed by atoms with Gasteiger partial charge in [0.05, 0.1) is 12.1 Å². The van der Waals surface area contributed by atoms with Crippen LogP contribution < -0.4 is 10.6 Å². The van der Waals surface area contributed by atoms with Gasteiger partial charge in [0, 0.05) is 10.9 Å². The largest absolute Gasteiger partial charge is 0.347 e. The van der Waals surface area contributed by atoms with Gasteiger partial charge in [-0.05, 0) is 29.7 Å². The average Bonchev–Trinajstić information content (AvgIpc) is 3.10. The van der Waals surface area contributed by atoms with E-state index in [1.807, 2.05) is 61.0 Å². The van der Waals surface area contributed by atoms with Crippen LogP contribution in [0.4, 0.5) is 11.9 Å². The number of rotatable bonds is 4. The normalized spacial score (nSPS) is 18.4. The molecule has 28 heavy (non-hydrogen) atoms. The molecule has 1 aromatic heterocycles. The smallest absolute Gasteiger partial charge is 0.250 e. The molecule has 0 unspecified atom stereocenters. The predicted octanol–water partition coefficient (Wildman–Crippen LogP) is 4.67. The minimum absolute atomic E-state index is 0.00956. The molecule has 2 aromatic carbocycles. The minimum Gasteiger partial charge on any atom is -0.347 e. The summed E-state index contributed by atoms with van der Waals surface area (Å²) in [5, 5.41) is 11.5. The second kappa shape index (κ2) is 7.64. The molecule has 4 rings (SSSR count). The molecule has 1 aliphatic rings. The van der Waals surface area contributed by atoms with Crippen LogP contribution in [0.2, 0.25) is 5.02 Å². The molecule has 2 heterocycles. The third kappa shape index (κ3) is 3.73. The first kappa shape index (κ1) is 18.5. The highest BCUT2D eigenvalue weighted by Crippen LogP contribution is 2.38. The van der Waals surface area contributed by atoms with Crippen molar-refractivity contribution in [1.82, 2.24) is 14.8 Å². The summed E-state index contributed by atoms with van der Waals surface area (Å²) in [5.74, 6) is 0.715. The van der Waals surface area contributed by atoms with Crippen molar-refractivity contribution < 1.29 is 4.79 Å². The van der Waals surface area contributed by atoms with Crippen LogP contribution in [-0.2, 0) is 4.79 Å². The molecule has 0 aliphatic carbocycles. The van der Waals surface area contributed by atoms with E-state index in [4.69, 9.17) is 11.6 Å². The van der Waals surface area contributed by atoms with Crippen molar-refractivity contribution in [1.29, 1.82) is 0 Å². The molecule has 6 nitrogen and oxygen atoms in total. The quantitative estimate of drug-likeness (QED) is 0.673. The molecular weight excluding hydrogens is 374 g/mol. The van der Waals surface area contributed by atoms with E-state index in [0.29, 0.717) is 16.9 Å². The summed E-state index contributed by atoms with van der Waals surface area (Å²) in [6.07, 6.45) is 0.805. The molecule has 0 radical (unpaired) electrons. The van der Waals surface area contributed by atoms with Crippen molar-refractivity contribution in [2.45, 2.75) is 32.4 Å². The van der Waals surface area contributed by atoms with Crippen LogP contribution in [0, 0.1) is 5.92 Å². The Bertz CT molecular complexity index is 968. The maximum Gasteiger partial charge on any atom is 0.250 e. The van der Waals surface area contributed by atoms with Crippen LogP contribution in [0.15, 0.2) is 54.6 Å². The monoisotopic (exact) mass is 395 g/mol. The van der Waals surface area contributed by atoms with Gasteiger partial charge < -0.3 is 5.32 Å². The Balaban J connectivity index is 1.70. The Hall–Kier alpha value is -2.86. The number of benzene rings is 2. The van der Waals surface area contributed by atoms with E-state index in [9.17, 15) is 4.79 Å². The highest BCUT2D eigenvalue weighted by molar-refractivity contribution is 6.30. The standard InChI is InChI=1S/C21H22ClN5O/c1-13(2)19(28)24-20-25-21-23-17(14-8-10-16(22)11-9-14)12-18(27(21)26-20)15-6-4-3-5-7-15/h3-11,13,17-18H,12H2,1-2H3,(H2,23,24,25,26,28)/t17-,18-/m0/s1. The minimum atomic E-state index is -0.139. The summed E-state index contributed by atoms with van der Waals surface area (Å²) < 4.78 is 1.86. The summed E-state index contributed by atoms with van der Waals surface area (Å²) in [6.45, 7) is 3.68. The Morgan fingerprint density at radius 2 is 1.86 bits per heavy atom. The van der Waals surface area contributed by atoms with Gasteiger partial charge in [0.2, 0.25) is 11.9 Å². The van der Waals surface area contributed by atoms with E-state index >= 15 is 0 Å². The summed E-state index contributed by atoms with van der Waals surface area (Å²) in [7, 11) is 0. The fraction of sp³-hybridized carbons (Fsp3) is 0.286. The van der Waals surface area contributed by atoms with Crippen molar-refractivity contribution in [3.63, 3.8) is 0 Å². The number of nitrogens with one attached hydrogen (secondary N) is 2. The number of anilines is 2. The molecule has 2 N–H and O–H groups in total. The Morgan fingerprint density at radius 3 is 2.54 bits per heavy atom.